The fourth-order valence-corrected chi connectivity index (χ4v) is 3.53. The lowest BCUT2D eigenvalue weighted by Gasteiger charge is -2.33. The van der Waals surface area contributed by atoms with Crippen molar-refractivity contribution in [3.63, 3.8) is 0 Å². The number of nitrogens with zero attached hydrogens (tertiary/aromatic N) is 1. The van der Waals surface area contributed by atoms with Gasteiger partial charge in [-0.2, -0.15) is 0 Å². The van der Waals surface area contributed by atoms with Gasteiger partial charge in [0.05, 0.1) is 6.10 Å². The maximum Gasteiger partial charge on any atom is 0.0827 e. The molecule has 1 aromatic rings. The first-order chi connectivity index (χ1) is 9.25. The van der Waals surface area contributed by atoms with Crippen LogP contribution in [0.1, 0.15) is 48.5 Å². The molecule has 1 fully saturated rings. The standard InChI is InChI=1S/C17H25NO/c1-18(2)14-10-9-13-6-5-7-15(16(13)12-14)17-8-3-4-11-19-17/h5-7,14,17H,3-4,8-12H2,1-2H3. The highest BCUT2D eigenvalue weighted by Gasteiger charge is 2.26. The number of aryl methyl sites for hydroxylation is 1. The van der Waals surface area contributed by atoms with Crippen LogP contribution in [0.15, 0.2) is 18.2 Å². The molecule has 0 saturated carbocycles. The van der Waals surface area contributed by atoms with Crippen LogP contribution >= 0.6 is 0 Å². The van der Waals surface area contributed by atoms with Gasteiger partial charge >= 0.3 is 0 Å². The summed E-state index contributed by atoms with van der Waals surface area (Å²) in [6.45, 7) is 0.936. The average Bonchev–Trinajstić information content (AvgIpc) is 2.47. The van der Waals surface area contributed by atoms with Crippen molar-refractivity contribution in [1.82, 2.24) is 4.90 Å². The Morgan fingerprint density at radius 3 is 2.79 bits per heavy atom. The Hall–Kier alpha value is -0.860. The smallest absolute Gasteiger partial charge is 0.0827 e. The molecule has 1 aromatic carbocycles. The van der Waals surface area contributed by atoms with Gasteiger partial charge in [-0.25, -0.2) is 0 Å². The lowest BCUT2D eigenvalue weighted by molar-refractivity contribution is 0.0141. The number of hydrogen-bond acceptors (Lipinski definition) is 2. The van der Waals surface area contributed by atoms with Crippen molar-refractivity contribution >= 4 is 0 Å². The number of likely N-dealkylation sites (N-methyl/N-ethyl adjacent to an activating group) is 1. The Labute approximate surface area is 116 Å². The number of ether oxygens (including phenoxy) is 1. The third-order valence-electron chi connectivity index (χ3n) is 4.75. The van der Waals surface area contributed by atoms with Crippen molar-refractivity contribution in [3.8, 4) is 0 Å². The molecule has 104 valence electrons. The zero-order chi connectivity index (χ0) is 13.2. The van der Waals surface area contributed by atoms with Crippen molar-refractivity contribution in [2.45, 2.75) is 50.7 Å². The van der Waals surface area contributed by atoms with Crippen molar-refractivity contribution in [2.24, 2.45) is 0 Å². The quantitative estimate of drug-likeness (QED) is 0.807. The van der Waals surface area contributed by atoms with E-state index < -0.39 is 0 Å². The van der Waals surface area contributed by atoms with Gasteiger partial charge < -0.3 is 9.64 Å². The van der Waals surface area contributed by atoms with E-state index in [0.717, 1.165) is 6.61 Å². The number of benzene rings is 1. The molecule has 19 heavy (non-hydrogen) atoms. The first-order valence-corrected chi connectivity index (χ1v) is 7.64. The fraction of sp³-hybridized carbons (Fsp3) is 0.647. The molecular weight excluding hydrogens is 234 g/mol. The Kier molecular flexibility index (Phi) is 3.90. The van der Waals surface area contributed by atoms with Gasteiger partial charge in [-0.1, -0.05) is 18.2 Å². The van der Waals surface area contributed by atoms with E-state index in [-0.39, 0.29) is 0 Å². The summed E-state index contributed by atoms with van der Waals surface area (Å²) in [5.41, 5.74) is 4.62. The molecule has 1 aliphatic heterocycles. The molecule has 2 nitrogen and oxygen atoms in total. The highest BCUT2D eigenvalue weighted by atomic mass is 16.5. The van der Waals surface area contributed by atoms with Crippen LogP contribution in [0, 0.1) is 0 Å². The summed E-state index contributed by atoms with van der Waals surface area (Å²) < 4.78 is 6.01. The molecule has 2 aliphatic rings. The van der Waals surface area contributed by atoms with Gasteiger partial charge in [0, 0.05) is 12.6 Å². The minimum Gasteiger partial charge on any atom is -0.374 e. The third-order valence-corrected chi connectivity index (χ3v) is 4.75. The van der Waals surface area contributed by atoms with Crippen molar-refractivity contribution in [1.29, 1.82) is 0 Å². The molecule has 0 aromatic heterocycles. The molecule has 2 heteroatoms. The minimum absolute atomic E-state index is 0.351. The van der Waals surface area contributed by atoms with Crippen LogP contribution in [0.4, 0.5) is 0 Å². The summed E-state index contributed by atoms with van der Waals surface area (Å²) in [4.78, 5) is 2.38. The monoisotopic (exact) mass is 259 g/mol. The molecule has 0 bridgehead atoms. The van der Waals surface area contributed by atoms with Gasteiger partial charge in [-0.3, -0.25) is 0 Å². The van der Waals surface area contributed by atoms with E-state index in [9.17, 15) is 0 Å². The Morgan fingerprint density at radius 1 is 1.16 bits per heavy atom. The molecule has 1 saturated heterocycles. The van der Waals surface area contributed by atoms with Crippen LogP contribution in [0.25, 0.3) is 0 Å². The molecule has 0 radical (unpaired) electrons. The number of fused-ring (bicyclic) bond motifs is 1. The van der Waals surface area contributed by atoms with Crippen molar-refractivity contribution < 1.29 is 4.74 Å². The van der Waals surface area contributed by atoms with Gasteiger partial charge in [0.15, 0.2) is 0 Å². The molecule has 1 aliphatic carbocycles. The van der Waals surface area contributed by atoms with Gasteiger partial charge in [0.2, 0.25) is 0 Å². The lowest BCUT2D eigenvalue weighted by atomic mass is 9.82. The van der Waals surface area contributed by atoms with Crippen LogP contribution < -0.4 is 0 Å². The zero-order valence-corrected chi connectivity index (χ0v) is 12.2. The van der Waals surface area contributed by atoms with Crippen LogP contribution in [0.2, 0.25) is 0 Å². The first-order valence-electron chi connectivity index (χ1n) is 7.64. The zero-order valence-electron chi connectivity index (χ0n) is 12.2. The van der Waals surface area contributed by atoms with Gasteiger partial charge in [0.1, 0.15) is 0 Å². The van der Waals surface area contributed by atoms with E-state index in [4.69, 9.17) is 4.74 Å². The SMILES string of the molecule is CN(C)C1CCc2cccc(C3CCCCO3)c2C1. The maximum absolute atomic E-state index is 6.01. The summed E-state index contributed by atoms with van der Waals surface area (Å²) >= 11 is 0. The lowest BCUT2D eigenvalue weighted by Crippen LogP contribution is -2.34. The summed E-state index contributed by atoms with van der Waals surface area (Å²) in [6.07, 6.45) is 7.79. The predicted molar refractivity (Wildman–Crippen MR) is 78.5 cm³/mol. The summed E-state index contributed by atoms with van der Waals surface area (Å²) in [5.74, 6) is 0. The van der Waals surface area contributed by atoms with Crippen LogP contribution in [0.3, 0.4) is 0 Å². The largest absolute Gasteiger partial charge is 0.374 e. The van der Waals surface area contributed by atoms with Crippen molar-refractivity contribution in [2.75, 3.05) is 20.7 Å². The first kappa shape index (κ1) is 13.1. The van der Waals surface area contributed by atoms with E-state index in [2.05, 4.69) is 37.2 Å². The van der Waals surface area contributed by atoms with Crippen LogP contribution in [0.5, 0.6) is 0 Å². The van der Waals surface area contributed by atoms with E-state index in [1.54, 1.807) is 11.1 Å². The van der Waals surface area contributed by atoms with Gasteiger partial charge in [-0.05, 0) is 69.3 Å². The Balaban J connectivity index is 1.89. The fourth-order valence-electron chi connectivity index (χ4n) is 3.53. The highest BCUT2D eigenvalue weighted by Crippen LogP contribution is 2.35. The molecule has 2 atom stereocenters. The van der Waals surface area contributed by atoms with E-state index in [1.165, 1.54) is 44.1 Å². The molecule has 1 heterocycles. The highest BCUT2D eigenvalue weighted by molar-refractivity contribution is 5.39. The molecule has 0 amide bonds. The van der Waals surface area contributed by atoms with E-state index in [0.29, 0.717) is 12.1 Å². The van der Waals surface area contributed by atoms with Gasteiger partial charge in [-0.15, -0.1) is 0 Å². The molecular formula is C17H25NO. The average molecular weight is 259 g/mol. The van der Waals surface area contributed by atoms with Crippen LogP contribution in [-0.4, -0.2) is 31.6 Å². The molecule has 2 unspecified atom stereocenters. The topological polar surface area (TPSA) is 12.5 Å². The van der Waals surface area contributed by atoms with Gasteiger partial charge in [0.25, 0.3) is 0 Å². The normalized spacial score (nSPS) is 27.3. The van der Waals surface area contributed by atoms with E-state index >= 15 is 0 Å². The minimum atomic E-state index is 0.351. The van der Waals surface area contributed by atoms with E-state index in [1.807, 2.05) is 0 Å². The second-order valence-corrected chi connectivity index (χ2v) is 6.20. The summed E-state index contributed by atoms with van der Waals surface area (Å²) in [6, 6.07) is 7.53. The molecule has 3 rings (SSSR count). The molecule has 0 spiro atoms. The number of rotatable bonds is 2. The second-order valence-electron chi connectivity index (χ2n) is 6.20. The second kappa shape index (κ2) is 5.64. The van der Waals surface area contributed by atoms with Crippen LogP contribution in [-0.2, 0) is 17.6 Å². The summed E-state index contributed by atoms with van der Waals surface area (Å²) in [7, 11) is 4.41. The Bertz CT molecular complexity index is 435. The third kappa shape index (κ3) is 2.70. The maximum atomic E-state index is 6.01. The van der Waals surface area contributed by atoms with Crippen molar-refractivity contribution in [3.05, 3.63) is 34.9 Å². The summed E-state index contributed by atoms with van der Waals surface area (Å²) in [5, 5.41) is 0. The number of hydrogen-bond donors (Lipinski definition) is 0. The Morgan fingerprint density at radius 2 is 2.05 bits per heavy atom. The predicted octanol–water partition coefficient (Wildman–Crippen LogP) is 3.35. The molecule has 0 N–H and O–H groups in total.